The molecule has 0 radical (unpaired) electrons. The van der Waals surface area contributed by atoms with Crippen LogP contribution in [0.1, 0.15) is 11.1 Å². The molecule has 2 rings (SSSR count). The van der Waals surface area contributed by atoms with E-state index in [4.69, 9.17) is 11.6 Å². The lowest BCUT2D eigenvalue weighted by Gasteiger charge is -2.09. The molecule has 0 amide bonds. The lowest BCUT2D eigenvalue weighted by Crippen LogP contribution is -2.13. The van der Waals surface area contributed by atoms with E-state index >= 15 is 0 Å². The molecule has 2 N–H and O–H groups in total. The lowest BCUT2D eigenvalue weighted by atomic mass is 10.2. The molecule has 0 saturated heterocycles. The summed E-state index contributed by atoms with van der Waals surface area (Å²) in [4.78, 5) is 0.167. The van der Waals surface area contributed by atoms with Crippen molar-refractivity contribution in [3.8, 4) is 5.75 Å². The van der Waals surface area contributed by atoms with Gasteiger partial charge in [0.2, 0.25) is 0 Å². The molecule has 0 aromatic heterocycles. The molecule has 0 spiro atoms. The number of rotatable bonds is 5. The number of hydrogen-bond donors (Lipinski definition) is 2. The molecule has 2 aromatic carbocycles. The Morgan fingerprint density at radius 1 is 1.14 bits per heavy atom. The number of halogens is 1. The van der Waals surface area contributed by atoms with Crippen LogP contribution in [0, 0.1) is 6.92 Å². The maximum absolute atomic E-state index is 12.2. The van der Waals surface area contributed by atoms with Gasteiger partial charge in [-0.2, -0.15) is 0 Å². The Labute approximate surface area is 129 Å². The van der Waals surface area contributed by atoms with E-state index in [1.165, 1.54) is 18.2 Å². The Hall–Kier alpha value is -1.72. The quantitative estimate of drug-likeness (QED) is 0.829. The highest BCUT2D eigenvalue weighted by atomic mass is 35.5. The Balaban J connectivity index is 2.23. The van der Waals surface area contributed by atoms with Gasteiger partial charge in [0, 0.05) is 11.9 Å². The fourth-order valence-electron chi connectivity index (χ4n) is 1.83. The van der Waals surface area contributed by atoms with Crippen molar-refractivity contribution < 1.29 is 13.5 Å². The molecule has 21 heavy (non-hydrogen) atoms. The highest BCUT2D eigenvalue weighted by Crippen LogP contribution is 2.23. The normalized spacial score (nSPS) is 11.3. The second-order valence-electron chi connectivity index (χ2n) is 4.69. The van der Waals surface area contributed by atoms with Gasteiger partial charge in [0.1, 0.15) is 5.75 Å². The summed E-state index contributed by atoms with van der Waals surface area (Å²) >= 11 is 5.65. The predicted molar refractivity (Wildman–Crippen MR) is 84.5 cm³/mol. The van der Waals surface area contributed by atoms with Gasteiger partial charge in [-0.15, -0.1) is 11.6 Å². The lowest BCUT2D eigenvalue weighted by molar-refractivity contribution is 0.471. The third kappa shape index (κ3) is 3.89. The highest BCUT2D eigenvalue weighted by molar-refractivity contribution is 7.92. The Morgan fingerprint density at radius 3 is 2.38 bits per heavy atom. The summed E-state index contributed by atoms with van der Waals surface area (Å²) < 4.78 is 26.9. The number of benzene rings is 2. The SMILES string of the molecule is Cc1ccc(NS(=O)(=O)c2ccc(CCCl)cc2)cc1O. The number of anilines is 1. The van der Waals surface area contributed by atoms with Crippen molar-refractivity contribution in [2.75, 3.05) is 10.6 Å². The zero-order valence-corrected chi connectivity index (χ0v) is 13.1. The molecular weight excluding hydrogens is 310 g/mol. The van der Waals surface area contributed by atoms with Crippen molar-refractivity contribution in [3.63, 3.8) is 0 Å². The van der Waals surface area contributed by atoms with Crippen LogP contribution < -0.4 is 4.72 Å². The van der Waals surface area contributed by atoms with Crippen LogP contribution in [0.3, 0.4) is 0 Å². The predicted octanol–water partition coefficient (Wildman–Crippen LogP) is 3.28. The number of hydrogen-bond acceptors (Lipinski definition) is 3. The van der Waals surface area contributed by atoms with Crippen molar-refractivity contribution in [2.45, 2.75) is 18.2 Å². The molecule has 0 bridgehead atoms. The van der Waals surface area contributed by atoms with Crippen molar-refractivity contribution in [2.24, 2.45) is 0 Å². The largest absolute Gasteiger partial charge is 0.508 e. The van der Waals surface area contributed by atoms with E-state index < -0.39 is 10.0 Å². The van der Waals surface area contributed by atoms with Crippen molar-refractivity contribution in [3.05, 3.63) is 53.6 Å². The monoisotopic (exact) mass is 325 g/mol. The van der Waals surface area contributed by atoms with Crippen LogP contribution in [-0.2, 0) is 16.4 Å². The first-order valence-corrected chi connectivity index (χ1v) is 8.41. The number of phenolic OH excluding ortho intramolecular Hbond substituents is 1. The molecule has 2 aromatic rings. The van der Waals surface area contributed by atoms with E-state index in [-0.39, 0.29) is 10.6 Å². The third-order valence-electron chi connectivity index (χ3n) is 3.08. The van der Waals surface area contributed by atoms with Crippen LogP contribution in [0.2, 0.25) is 0 Å². The molecule has 0 fully saturated rings. The smallest absolute Gasteiger partial charge is 0.261 e. The first-order chi connectivity index (χ1) is 9.92. The van der Waals surface area contributed by atoms with Gasteiger partial charge in [0.05, 0.1) is 10.6 Å². The molecule has 0 heterocycles. The van der Waals surface area contributed by atoms with Gasteiger partial charge < -0.3 is 5.11 Å². The van der Waals surface area contributed by atoms with Crippen LogP contribution in [0.15, 0.2) is 47.4 Å². The second kappa shape index (κ2) is 6.37. The molecule has 112 valence electrons. The van der Waals surface area contributed by atoms with Gasteiger partial charge in [-0.25, -0.2) is 8.42 Å². The topological polar surface area (TPSA) is 66.4 Å². The summed E-state index contributed by atoms with van der Waals surface area (Å²) in [6.07, 6.45) is 0.696. The van der Waals surface area contributed by atoms with Gasteiger partial charge >= 0.3 is 0 Å². The minimum atomic E-state index is -3.67. The third-order valence-corrected chi connectivity index (χ3v) is 4.66. The van der Waals surface area contributed by atoms with Crippen LogP contribution in [0.25, 0.3) is 0 Å². The maximum Gasteiger partial charge on any atom is 0.261 e. The number of nitrogens with one attached hydrogen (secondary N) is 1. The average molecular weight is 326 g/mol. The molecule has 0 saturated carbocycles. The first kappa shape index (κ1) is 15.7. The highest BCUT2D eigenvalue weighted by Gasteiger charge is 2.14. The molecule has 6 heteroatoms. The van der Waals surface area contributed by atoms with Crippen molar-refractivity contribution in [1.82, 2.24) is 0 Å². The summed E-state index contributed by atoms with van der Waals surface area (Å²) in [6, 6.07) is 11.2. The summed E-state index contributed by atoms with van der Waals surface area (Å²) in [5.41, 5.74) is 1.99. The first-order valence-electron chi connectivity index (χ1n) is 6.40. The number of sulfonamides is 1. The number of aryl methyl sites for hydroxylation is 2. The van der Waals surface area contributed by atoms with Gasteiger partial charge in [0.25, 0.3) is 10.0 Å². The Bertz CT molecular complexity index is 727. The van der Waals surface area contributed by atoms with Crippen LogP contribution >= 0.6 is 11.6 Å². The van der Waals surface area contributed by atoms with E-state index in [2.05, 4.69) is 4.72 Å². The minimum absolute atomic E-state index is 0.0488. The van der Waals surface area contributed by atoms with E-state index in [1.807, 2.05) is 0 Å². The fraction of sp³-hybridized carbons (Fsp3) is 0.200. The Morgan fingerprint density at radius 2 is 1.81 bits per heavy atom. The van der Waals surface area contributed by atoms with Crippen LogP contribution in [0.5, 0.6) is 5.75 Å². The second-order valence-corrected chi connectivity index (χ2v) is 6.75. The molecule has 0 aliphatic carbocycles. The average Bonchev–Trinajstić information content (AvgIpc) is 2.44. The molecule has 0 unspecified atom stereocenters. The standard InChI is InChI=1S/C15H16ClNO3S/c1-11-2-5-13(10-15(11)18)17-21(19,20)14-6-3-12(4-7-14)8-9-16/h2-7,10,17-18H,8-9H2,1H3. The van der Waals surface area contributed by atoms with Crippen LogP contribution in [0.4, 0.5) is 5.69 Å². The molecule has 0 aliphatic heterocycles. The zero-order chi connectivity index (χ0) is 15.5. The van der Waals surface area contributed by atoms with Crippen molar-refractivity contribution >= 4 is 27.3 Å². The molecule has 0 atom stereocenters. The fourth-order valence-corrected chi connectivity index (χ4v) is 3.10. The van der Waals surface area contributed by atoms with Crippen LogP contribution in [-0.4, -0.2) is 19.4 Å². The molecule has 0 aliphatic rings. The number of aromatic hydroxyl groups is 1. The summed E-state index contributed by atoms with van der Waals surface area (Å²) in [5, 5.41) is 9.62. The van der Waals surface area contributed by atoms with Gasteiger partial charge in [-0.1, -0.05) is 18.2 Å². The minimum Gasteiger partial charge on any atom is -0.508 e. The summed E-state index contributed by atoms with van der Waals surface area (Å²) in [6.45, 7) is 1.74. The van der Waals surface area contributed by atoms with E-state index in [0.29, 0.717) is 23.6 Å². The van der Waals surface area contributed by atoms with Gasteiger partial charge in [-0.05, 0) is 42.7 Å². The summed E-state index contributed by atoms with van der Waals surface area (Å²) in [5.74, 6) is 0.542. The van der Waals surface area contributed by atoms with Gasteiger partial charge in [0.15, 0.2) is 0 Å². The van der Waals surface area contributed by atoms with E-state index in [1.54, 1.807) is 31.2 Å². The maximum atomic E-state index is 12.2. The molecular formula is C15H16ClNO3S. The van der Waals surface area contributed by atoms with E-state index in [0.717, 1.165) is 5.56 Å². The Kier molecular flexibility index (Phi) is 4.75. The van der Waals surface area contributed by atoms with E-state index in [9.17, 15) is 13.5 Å². The van der Waals surface area contributed by atoms with Crippen molar-refractivity contribution in [1.29, 1.82) is 0 Å². The number of alkyl halides is 1. The number of phenols is 1. The zero-order valence-electron chi connectivity index (χ0n) is 11.5. The summed E-state index contributed by atoms with van der Waals surface area (Å²) in [7, 11) is -3.67. The molecule has 4 nitrogen and oxygen atoms in total. The van der Waals surface area contributed by atoms with Gasteiger partial charge in [-0.3, -0.25) is 4.72 Å².